The molecule has 1 aromatic rings. The zero-order valence-electron chi connectivity index (χ0n) is 17.5. The highest BCUT2D eigenvalue weighted by molar-refractivity contribution is 6.31. The van der Waals surface area contributed by atoms with E-state index in [2.05, 4.69) is 0 Å². The molecule has 6 unspecified atom stereocenters. The highest BCUT2D eigenvalue weighted by atomic mass is 35.5. The van der Waals surface area contributed by atoms with Gasteiger partial charge in [-0.05, 0) is 54.6 Å². The maximum atomic E-state index is 11.1. The quantitative estimate of drug-likeness (QED) is 0.381. The number of hydrogen-bond acceptors (Lipinski definition) is 6. The van der Waals surface area contributed by atoms with Gasteiger partial charge in [0.2, 0.25) is 5.79 Å². The first-order valence-corrected chi connectivity index (χ1v) is 11.2. The predicted molar refractivity (Wildman–Crippen MR) is 116 cm³/mol. The molecule has 0 heterocycles. The van der Waals surface area contributed by atoms with Crippen LogP contribution in [-0.2, 0) is 5.79 Å². The van der Waals surface area contributed by atoms with Gasteiger partial charge in [-0.25, -0.2) is 0 Å². The van der Waals surface area contributed by atoms with Crippen molar-refractivity contribution in [3.8, 4) is 0 Å². The van der Waals surface area contributed by atoms with E-state index in [1.165, 1.54) is 5.56 Å². The molecule has 0 bridgehead atoms. The van der Waals surface area contributed by atoms with Gasteiger partial charge in [0.1, 0.15) is 6.10 Å². The van der Waals surface area contributed by atoms with Crippen LogP contribution in [0.5, 0.6) is 0 Å². The van der Waals surface area contributed by atoms with Crippen LogP contribution in [0.2, 0.25) is 0 Å². The fraction of sp³-hybridized carbons (Fsp3) is 0.583. The predicted octanol–water partition coefficient (Wildman–Crippen LogP) is 1.87. The molecule has 0 amide bonds. The van der Waals surface area contributed by atoms with Crippen LogP contribution in [0.4, 0.5) is 0 Å². The Labute approximate surface area is 187 Å². The molecule has 4 rings (SSSR count). The third-order valence-electron chi connectivity index (χ3n) is 7.47. The van der Waals surface area contributed by atoms with Crippen molar-refractivity contribution in [3.05, 3.63) is 58.1 Å². The average molecular weight is 451 g/mol. The van der Waals surface area contributed by atoms with E-state index in [9.17, 15) is 30.6 Å². The smallest absolute Gasteiger partial charge is 0.214 e. The van der Waals surface area contributed by atoms with Crippen molar-refractivity contribution < 1.29 is 30.6 Å². The van der Waals surface area contributed by atoms with Gasteiger partial charge in [0.05, 0.1) is 12.2 Å². The van der Waals surface area contributed by atoms with Gasteiger partial charge in [-0.15, -0.1) is 0 Å². The lowest BCUT2D eigenvalue weighted by atomic mass is 9.60. The number of benzene rings is 1. The van der Waals surface area contributed by atoms with Gasteiger partial charge in [-0.1, -0.05) is 48.9 Å². The van der Waals surface area contributed by atoms with Crippen LogP contribution in [0.1, 0.15) is 49.7 Å². The second-order valence-electron chi connectivity index (χ2n) is 9.67. The molecule has 1 aromatic carbocycles. The standard InChI is InChI=1S/C24H31ClO6/c1-23(17-10-15(12-26)20(27)22(29)21(17)28)9-8-19(25)18(11-23)24(30,31)16-6-4-14(5-7-16)13-2-3-13/h4-9,13,15,17,20-22,26-31H,2-3,10-12H2,1H3. The van der Waals surface area contributed by atoms with Crippen molar-refractivity contribution in [1.29, 1.82) is 0 Å². The summed E-state index contributed by atoms with van der Waals surface area (Å²) < 4.78 is 0. The molecule has 170 valence electrons. The summed E-state index contributed by atoms with van der Waals surface area (Å²) in [5.74, 6) is -2.84. The lowest BCUT2D eigenvalue weighted by Crippen LogP contribution is -2.56. The second-order valence-corrected chi connectivity index (χ2v) is 10.1. The van der Waals surface area contributed by atoms with Crippen LogP contribution < -0.4 is 0 Å². The van der Waals surface area contributed by atoms with Crippen LogP contribution in [0.15, 0.2) is 47.0 Å². The van der Waals surface area contributed by atoms with Crippen molar-refractivity contribution >= 4 is 11.6 Å². The van der Waals surface area contributed by atoms with E-state index in [4.69, 9.17) is 11.6 Å². The van der Waals surface area contributed by atoms with E-state index in [0.29, 0.717) is 11.5 Å². The molecule has 31 heavy (non-hydrogen) atoms. The Bertz CT molecular complexity index is 873. The summed E-state index contributed by atoms with van der Waals surface area (Å²) in [6.07, 6.45) is 2.29. The largest absolute Gasteiger partial charge is 0.396 e. The number of aliphatic hydroxyl groups is 6. The Hall–Kier alpha value is -1.25. The highest BCUT2D eigenvalue weighted by Gasteiger charge is 2.51. The Morgan fingerprint density at radius 1 is 1.03 bits per heavy atom. The first kappa shape index (κ1) is 22.9. The summed E-state index contributed by atoms with van der Waals surface area (Å²) in [7, 11) is 0. The summed E-state index contributed by atoms with van der Waals surface area (Å²) in [4.78, 5) is 0. The molecule has 0 aromatic heterocycles. The van der Waals surface area contributed by atoms with E-state index in [0.717, 1.165) is 12.8 Å². The van der Waals surface area contributed by atoms with E-state index >= 15 is 0 Å². The first-order valence-electron chi connectivity index (χ1n) is 10.9. The molecular weight excluding hydrogens is 420 g/mol. The molecular formula is C24H31ClO6. The summed E-state index contributed by atoms with van der Waals surface area (Å²) in [5, 5.41) is 63.2. The third kappa shape index (κ3) is 4.11. The lowest BCUT2D eigenvalue weighted by Gasteiger charge is -2.49. The van der Waals surface area contributed by atoms with Gasteiger partial charge in [0.15, 0.2) is 0 Å². The van der Waals surface area contributed by atoms with Crippen molar-refractivity contribution in [2.75, 3.05) is 6.61 Å². The summed E-state index contributed by atoms with van der Waals surface area (Å²) in [6, 6.07) is 7.24. The van der Waals surface area contributed by atoms with Crippen molar-refractivity contribution in [3.63, 3.8) is 0 Å². The molecule has 2 saturated carbocycles. The van der Waals surface area contributed by atoms with E-state index in [1.54, 1.807) is 24.3 Å². The van der Waals surface area contributed by atoms with Crippen LogP contribution in [-0.4, -0.2) is 55.6 Å². The molecule has 0 spiro atoms. The van der Waals surface area contributed by atoms with Gasteiger partial charge < -0.3 is 30.6 Å². The molecule has 6 N–H and O–H groups in total. The van der Waals surface area contributed by atoms with Gasteiger partial charge >= 0.3 is 0 Å². The molecule has 2 fully saturated rings. The van der Waals surface area contributed by atoms with Crippen molar-refractivity contribution in [1.82, 2.24) is 0 Å². The zero-order chi connectivity index (χ0) is 22.6. The second kappa shape index (κ2) is 8.27. The normalized spacial score (nSPS) is 36.7. The Kier molecular flexibility index (Phi) is 6.11. The molecule has 6 atom stereocenters. The maximum absolute atomic E-state index is 11.1. The Morgan fingerprint density at radius 2 is 1.68 bits per heavy atom. The molecule has 7 heteroatoms. The molecule has 6 nitrogen and oxygen atoms in total. The monoisotopic (exact) mass is 450 g/mol. The summed E-state index contributed by atoms with van der Waals surface area (Å²) >= 11 is 6.40. The molecule has 0 saturated heterocycles. The number of allylic oxidation sites excluding steroid dienone is 3. The number of aliphatic hydroxyl groups excluding tert-OH is 4. The van der Waals surface area contributed by atoms with Crippen molar-refractivity contribution in [2.24, 2.45) is 17.3 Å². The SMILES string of the molecule is CC1(C2CC(CO)C(O)C(O)C2O)C=CC(Cl)=C(C(O)(O)c2ccc(C3CC3)cc2)C1. The summed E-state index contributed by atoms with van der Waals surface area (Å²) in [5.41, 5.74) is 0.940. The topological polar surface area (TPSA) is 121 Å². The molecule has 0 aliphatic heterocycles. The Morgan fingerprint density at radius 3 is 2.26 bits per heavy atom. The fourth-order valence-corrected chi connectivity index (χ4v) is 5.44. The van der Waals surface area contributed by atoms with Gasteiger partial charge in [-0.2, -0.15) is 0 Å². The number of hydrogen-bond donors (Lipinski definition) is 6. The van der Waals surface area contributed by atoms with Gasteiger partial charge in [0, 0.05) is 28.7 Å². The Balaban J connectivity index is 1.62. The number of rotatable bonds is 5. The van der Waals surface area contributed by atoms with Crippen LogP contribution in [0, 0.1) is 17.3 Å². The van der Waals surface area contributed by atoms with Gasteiger partial charge in [0.25, 0.3) is 0 Å². The first-order chi connectivity index (χ1) is 14.6. The van der Waals surface area contributed by atoms with Gasteiger partial charge in [-0.3, -0.25) is 0 Å². The van der Waals surface area contributed by atoms with E-state index in [1.807, 2.05) is 19.1 Å². The minimum Gasteiger partial charge on any atom is -0.396 e. The molecule has 3 aliphatic carbocycles. The van der Waals surface area contributed by atoms with E-state index in [-0.39, 0.29) is 30.1 Å². The lowest BCUT2D eigenvalue weighted by molar-refractivity contribution is -0.164. The maximum Gasteiger partial charge on any atom is 0.214 e. The van der Waals surface area contributed by atoms with Crippen molar-refractivity contribution in [2.45, 2.75) is 62.6 Å². The van der Waals surface area contributed by atoms with Crippen LogP contribution >= 0.6 is 11.6 Å². The summed E-state index contributed by atoms with van der Waals surface area (Å²) in [6.45, 7) is 1.54. The zero-order valence-corrected chi connectivity index (χ0v) is 18.3. The molecule has 3 aliphatic rings. The third-order valence-corrected chi connectivity index (χ3v) is 7.83. The minimum absolute atomic E-state index is 0.141. The number of halogens is 1. The van der Waals surface area contributed by atoms with E-state index < -0.39 is 41.3 Å². The van der Waals surface area contributed by atoms with Crippen LogP contribution in [0.3, 0.4) is 0 Å². The average Bonchev–Trinajstić information content (AvgIpc) is 3.59. The minimum atomic E-state index is -2.29. The molecule has 0 radical (unpaired) electrons. The highest BCUT2D eigenvalue weighted by Crippen LogP contribution is 2.51. The van der Waals surface area contributed by atoms with Crippen LogP contribution in [0.25, 0.3) is 0 Å². The fourth-order valence-electron chi connectivity index (χ4n) is 5.18.